The Bertz CT molecular complexity index is 706. The molecule has 20 heavy (non-hydrogen) atoms. The van der Waals surface area contributed by atoms with Gasteiger partial charge in [0.2, 0.25) is 0 Å². The summed E-state index contributed by atoms with van der Waals surface area (Å²) in [5.74, 6) is 0.0408. The zero-order valence-electron chi connectivity index (χ0n) is 12.1. The normalized spacial score (nSPS) is 10.4. The molecular weight excluding hydrogens is 254 g/mol. The second kappa shape index (κ2) is 5.33. The van der Waals surface area contributed by atoms with E-state index >= 15 is 0 Å². The van der Waals surface area contributed by atoms with Gasteiger partial charge in [0.1, 0.15) is 5.75 Å². The molecule has 0 spiro atoms. The van der Waals surface area contributed by atoms with E-state index in [4.69, 9.17) is 4.74 Å². The molecule has 0 aliphatic carbocycles. The van der Waals surface area contributed by atoms with E-state index in [1.54, 1.807) is 19.3 Å². The number of nitrogens with zero attached hydrogens (tertiary/aromatic N) is 1. The predicted molar refractivity (Wildman–Crippen MR) is 77.3 cm³/mol. The van der Waals surface area contributed by atoms with E-state index in [0.717, 1.165) is 16.7 Å². The number of carbonyl (C=O) groups is 1. The van der Waals surface area contributed by atoms with Crippen molar-refractivity contribution in [2.45, 2.75) is 20.8 Å². The molecule has 0 amide bonds. The van der Waals surface area contributed by atoms with Crippen molar-refractivity contribution in [2.75, 3.05) is 0 Å². The van der Waals surface area contributed by atoms with Gasteiger partial charge in [-0.2, -0.15) is 0 Å². The number of esters is 1. The highest BCUT2D eigenvalue weighted by molar-refractivity contribution is 5.91. The van der Waals surface area contributed by atoms with Crippen LogP contribution in [0.15, 0.2) is 35.3 Å². The first kappa shape index (κ1) is 14.1. The van der Waals surface area contributed by atoms with Gasteiger partial charge in [0.15, 0.2) is 0 Å². The SMILES string of the molecule is Cc1cc(C)c(OC(=O)c2ccn(C)c(=O)c2)c(C)c1. The van der Waals surface area contributed by atoms with Gasteiger partial charge >= 0.3 is 5.97 Å². The number of hydrogen-bond acceptors (Lipinski definition) is 3. The summed E-state index contributed by atoms with van der Waals surface area (Å²) in [6, 6.07) is 6.77. The Morgan fingerprint density at radius 3 is 2.25 bits per heavy atom. The lowest BCUT2D eigenvalue weighted by molar-refractivity contribution is 0.0732. The third-order valence-electron chi connectivity index (χ3n) is 3.14. The number of ether oxygens (including phenoxy) is 1. The molecule has 1 aromatic heterocycles. The van der Waals surface area contributed by atoms with Crippen molar-refractivity contribution >= 4 is 5.97 Å². The Hall–Kier alpha value is -2.36. The van der Waals surface area contributed by atoms with Crippen molar-refractivity contribution in [2.24, 2.45) is 7.05 Å². The Kier molecular flexibility index (Phi) is 3.74. The van der Waals surface area contributed by atoms with E-state index in [1.165, 1.54) is 10.6 Å². The molecule has 0 bridgehead atoms. The lowest BCUT2D eigenvalue weighted by Crippen LogP contribution is -2.19. The van der Waals surface area contributed by atoms with Crippen molar-refractivity contribution in [1.29, 1.82) is 0 Å². The fourth-order valence-electron chi connectivity index (χ4n) is 2.15. The summed E-state index contributed by atoms with van der Waals surface area (Å²) >= 11 is 0. The van der Waals surface area contributed by atoms with Crippen LogP contribution in [0.2, 0.25) is 0 Å². The number of rotatable bonds is 2. The van der Waals surface area contributed by atoms with Crippen LogP contribution < -0.4 is 10.3 Å². The smallest absolute Gasteiger partial charge is 0.343 e. The highest BCUT2D eigenvalue weighted by atomic mass is 16.5. The highest BCUT2D eigenvalue weighted by Crippen LogP contribution is 2.25. The fraction of sp³-hybridized carbons (Fsp3) is 0.250. The largest absolute Gasteiger partial charge is 0.422 e. The van der Waals surface area contributed by atoms with Crippen LogP contribution >= 0.6 is 0 Å². The van der Waals surface area contributed by atoms with Crippen LogP contribution in [0, 0.1) is 20.8 Å². The molecule has 2 rings (SSSR count). The number of hydrogen-bond donors (Lipinski definition) is 0. The maximum Gasteiger partial charge on any atom is 0.343 e. The average Bonchev–Trinajstić information content (AvgIpc) is 2.36. The minimum absolute atomic E-state index is 0.239. The lowest BCUT2D eigenvalue weighted by Gasteiger charge is -2.11. The maximum atomic E-state index is 12.1. The molecule has 2 aromatic rings. The van der Waals surface area contributed by atoms with Gasteiger partial charge in [-0.05, 0) is 38.0 Å². The summed E-state index contributed by atoms with van der Waals surface area (Å²) in [7, 11) is 1.63. The van der Waals surface area contributed by atoms with E-state index in [0.29, 0.717) is 5.75 Å². The topological polar surface area (TPSA) is 48.3 Å². The molecule has 0 aliphatic rings. The van der Waals surface area contributed by atoms with Crippen LogP contribution in [0.5, 0.6) is 5.75 Å². The van der Waals surface area contributed by atoms with Crippen molar-refractivity contribution in [3.8, 4) is 5.75 Å². The molecule has 0 unspecified atom stereocenters. The van der Waals surface area contributed by atoms with Gasteiger partial charge in [0, 0.05) is 19.3 Å². The molecule has 1 aromatic carbocycles. The zero-order chi connectivity index (χ0) is 14.9. The molecule has 1 heterocycles. The predicted octanol–water partition coefficient (Wildman–Crippen LogP) is 2.53. The minimum Gasteiger partial charge on any atom is -0.422 e. The van der Waals surface area contributed by atoms with Crippen LogP contribution in [0.3, 0.4) is 0 Å². The second-order valence-electron chi connectivity index (χ2n) is 4.98. The highest BCUT2D eigenvalue weighted by Gasteiger charge is 2.13. The zero-order valence-corrected chi connectivity index (χ0v) is 12.1. The standard InChI is InChI=1S/C16H17NO3/c1-10-7-11(2)15(12(3)8-10)20-16(19)13-5-6-17(4)14(18)9-13/h5-9H,1-4H3. The molecule has 0 N–H and O–H groups in total. The number of carbonyl (C=O) groups excluding carboxylic acids is 1. The van der Waals surface area contributed by atoms with Gasteiger partial charge in [-0.3, -0.25) is 4.79 Å². The molecule has 0 saturated heterocycles. The van der Waals surface area contributed by atoms with E-state index < -0.39 is 5.97 Å². The number of aromatic nitrogens is 1. The Labute approximate surface area is 117 Å². The molecule has 0 atom stereocenters. The summed E-state index contributed by atoms with van der Waals surface area (Å²) in [5, 5.41) is 0. The number of aryl methyl sites for hydroxylation is 4. The van der Waals surface area contributed by atoms with Gasteiger partial charge in [-0.25, -0.2) is 4.79 Å². The molecule has 4 heteroatoms. The summed E-state index contributed by atoms with van der Waals surface area (Å²) in [4.78, 5) is 23.6. The molecule has 104 valence electrons. The van der Waals surface area contributed by atoms with Crippen molar-refractivity contribution in [1.82, 2.24) is 4.57 Å². The molecule has 4 nitrogen and oxygen atoms in total. The van der Waals surface area contributed by atoms with Crippen LogP contribution in [-0.2, 0) is 7.05 Å². The van der Waals surface area contributed by atoms with E-state index in [-0.39, 0.29) is 11.1 Å². The summed E-state index contributed by atoms with van der Waals surface area (Å²) in [6.45, 7) is 5.78. The van der Waals surface area contributed by atoms with E-state index in [1.807, 2.05) is 32.9 Å². The summed E-state index contributed by atoms with van der Waals surface area (Å²) in [5.41, 5.74) is 2.94. The van der Waals surface area contributed by atoms with Crippen LogP contribution in [0.1, 0.15) is 27.0 Å². The number of pyridine rings is 1. The Morgan fingerprint density at radius 1 is 1.10 bits per heavy atom. The Balaban J connectivity index is 2.32. The molecule has 0 saturated carbocycles. The Morgan fingerprint density at radius 2 is 1.70 bits per heavy atom. The quantitative estimate of drug-likeness (QED) is 0.623. The van der Waals surface area contributed by atoms with Crippen LogP contribution in [0.25, 0.3) is 0 Å². The van der Waals surface area contributed by atoms with E-state index in [2.05, 4.69) is 0 Å². The fourth-order valence-corrected chi connectivity index (χ4v) is 2.15. The van der Waals surface area contributed by atoms with Crippen LogP contribution in [0.4, 0.5) is 0 Å². The van der Waals surface area contributed by atoms with Gasteiger partial charge in [-0.15, -0.1) is 0 Å². The van der Waals surface area contributed by atoms with Gasteiger partial charge in [0.05, 0.1) is 5.56 Å². The third-order valence-corrected chi connectivity index (χ3v) is 3.14. The lowest BCUT2D eigenvalue weighted by atomic mass is 10.1. The van der Waals surface area contributed by atoms with Gasteiger partial charge in [0.25, 0.3) is 5.56 Å². The van der Waals surface area contributed by atoms with Crippen molar-refractivity contribution < 1.29 is 9.53 Å². The van der Waals surface area contributed by atoms with Crippen LogP contribution in [-0.4, -0.2) is 10.5 Å². The van der Waals surface area contributed by atoms with E-state index in [9.17, 15) is 9.59 Å². The molecule has 0 aliphatic heterocycles. The molecular formula is C16H17NO3. The molecule has 0 fully saturated rings. The minimum atomic E-state index is -0.516. The monoisotopic (exact) mass is 271 g/mol. The first-order valence-electron chi connectivity index (χ1n) is 6.35. The second-order valence-corrected chi connectivity index (χ2v) is 4.98. The maximum absolute atomic E-state index is 12.1. The first-order chi connectivity index (χ1) is 9.38. The van der Waals surface area contributed by atoms with Crippen molar-refractivity contribution in [3.63, 3.8) is 0 Å². The summed E-state index contributed by atoms with van der Waals surface area (Å²) in [6.07, 6.45) is 1.55. The first-order valence-corrected chi connectivity index (χ1v) is 6.35. The van der Waals surface area contributed by atoms with Gasteiger partial charge in [-0.1, -0.05) is 17.7 Å². The van der Waals surface area contributed by atoms with Crippen molar-refractivity contribution in [3.05, 3.63) is 63.1 Å². The third kappa shape index (κ3) is 2.79. The average molecular weight is 271 g/mol. The summed E-state index contributed by atoms with van der Waals surface area (Å²) < 4.78 is 6.83. The molecule has 0 radical (unpaired) electrons. The number of benzene rings is 1. The van der Waals surface area contributed by atoms with Gasteiger partial charge < -0.3 is 9.30 Å².